The summed E-state index contributed by atoms with van der Waals surface area (Å²) in [5, 5.41) is 14.4. The number of carbonyl (C=O) groups is 5. The molecule has 8 heterocycles. The Morgan fingerprint density at radius 3 is 0.983 bits per heavy atom. The summed E-state index contributed by atoms with van der Waals surface area (Å²) in [7, 11) is 9.75. The molecule has 26 nitrogen and oxygen atoms in total. The van der Waals surface area contributed by atoms with E-state index in [1.54, 1.807) is 74.8 Å². The first kappa shape index (κ1) is 90.1. The van der Waals surface area contributed by atoms with E-state index >= 15 is 0 Å². The smallest absolute Gasteiger partial charge is 0.339 e. The lowest BCUT2D eigenvalue weighted by atomic mass is 9.91. The fourth-order valence-electron chi connectivity index (χ4n) is 14.1. The molecule has 2 fully saturated rings. The molecule has 12 aromatic rings. The van der Waals surface area contributed by atoms with Crippen LogP contribution in [0.2, 0.25) is 20.4 Å². The van der Waals surface area contributed by atoms with Crippen LogP contribution in [-0.2, 0) is 38.1 Å². The van der Waals surface area contributed by atoms with Crippen molar-refractivity contribution in [2.24, 2.45) is 0 Å². The molecule has 33 heteroatoms. The van der Waals surface area contributed by atoms with Crippen molar-refractivity contribution in [2.45, 2.75) is 118 Å². The van der Waals surface area contributed by atoms with Crippen molar-refractivity contribution in [1.82, 2.24) is 64.5 Å². The first-order valence-electron chi connectivity index (χ1n) is 38.9. The van der Waals surface area contributed by atoms with Gasteiger partial charge in [0.25, 0.3) is 0 Å². The van der Waals surface area contributed by atoms with Crippen LogP contribution < -0.4 is 9.80 Å². The van der Waals surface area contributed by atoms with Gasteiger partial charge in [0.2, 0.25) is 17.2 Å². The number of thiazole rings is 3. The van der Waals surface area contributed by atoms with Crippen LogP contribution in [0, 0.1) is 20.8 Å². The second kappa shape index (κ2) is 37.7. The molecule has 6 aromatic carbocycles. The molecular formula is C88H95Cl4N15O11S3. The number of carboxylic acid groups (broad SMARTS) is 1. The number of amides is 4. The Labute approximate surface area is 734 Å². The predicted molar refractivity (Wildman–Crippen MR) is 481 cm³/mol. The lowest BCUT2D eigenvalue weighted by Gasteiger charge is -2.35. The van der Waals surface area contributed by atoms with Crippen LogP contribution in [-0.4, -0.2) is 211 Å². The number of carbonyl (C=O) groups excluding carboxylic acids is 4. The van der Waals surface area contributed by atoms with Crippen molar-refractivity contribution < 1.29 is 52.8 Å². The maximum absolute atomic E-state index is 13.2. The van der Waals surface area contributed by atoms with E-state index in [1.165, 1.54) is 48.2 Å². The minimum absolute atomic E-state index is 0.00212. The van der Waals surface area contributed by atoms with E-state index < -0.39 is 53.0 Å². The van der Waals surface area contributed by atoms with E-state index in [0.717, 1.165) is 96.9 Å². The third kappa shape index (κ3) is 21.3. The van der Waals surface area contributed by atoms with Crippen LogP contribution in [0.15, 0.2) is 128 Å². The molecule has 1 N–H and O–H groups in total. The summed E-state index contributed by atoms with van der Waals surface area (Å²) in [5.41, 5.74) is 11.9. The van der Waals surface area contributed by atoms with Gasteiger partial charge in [0.15, 0.2) is 18.3 Å². The number of rotatable bonds is 17. The first-order chi connectivity index (χ1) is 57.2. The quantitative estimate of drug-likeness (QED) is 0.0654. The van der Waals surface area contributed by atoms with Crippen LogP contribution in [0.3, 0.4) is 0 Å². The second-order valence-corrected chi connectivity index (χ2v) is 36.9. The van der Waals surface area contributed by atoms with Gasteiger partial charge in [-0.3, -0.25) is 0 Å². The Bertz CT molecular complexity index is 5820. The van der Waals surface area contributed by atoms with E-state index in [4.69, 9.17) is 95.0 Å². The summed E-state index contributed by atoms with van der Waals surface area (Å²) >= 11 is 29.1. The highest BCUT2D eigenvalue weighted by molar-refractivity contribution is 7.23. The predicted octanol–water partition coefficient (Wildman–Crippen LogP) is 19.4. The molecule has 0 saturated carbocycles. The number of aliphatic carboxylic acids is 1. The third-order valence-electron chi connectivity index (χ3n) is 19.4. The Morgan fingerprint density at radius 1 is 0.413 bits per heavy atom. The van der Waals surface area contributed by atoms with Crippen molar-refractivity contribution in [1.29, 1.82) is 0 Å². The van der Waals surface area contributed by atoms with Gasteiger partial charge < -0.3 is 58.2 Å². The number of halogens is 4. The second-order valence-electron chi connectivity index (χ2n) is 32.3. The molecule has 2 aliphatic rings. The minimum Gasteiger partial charge on any atom is -0.479 e. The Morgan fingerprint density at radius 2 is 0.702 bits per heavy atom. The number of piperazine rings is 2. The topological polar surface area (TPSA) is 287 Å². The molecule has 0 radical (unpaired) electrons. The zero-order valence-electron chi connectivity index (χ0n) is 70.5. The van der Waals surface area contributed by atoms with Gasteiger partial charge in [-0.25, -0.2) is 68.8 Å². The number of urea groups is 2. The van der Waals surface area contributed by atoms with Gasteiger partial charge in [0, 0.05) is 148 Å². The molecule has 2 saturated heterocycles. The number of fused-ring (bicyclic) bond motifs is 3. The highest BCUT2D eigenvalue weighted by atomic mass is 35.5. The lowest BCUT2D eigenvalue weighted by molar-refractivity contribution is -0.164. The summed E-state index contributed by atoms with van der Waals surface area (Å²) in [6, 6.07) is 33.7. The van der Waals surface area contributed by atoms with Crippen LogP contribution in [0.4, 0.5) is 21.5 Å². The number of methoxy groups -OCH3 is 2. The summed E-state index contributed by atoms with van der Waals surface area (Å²) < 4.78 is 31.7. The fourth-order valence-corrected chi connectivity index (χ4v) is 17.9. The number of aryl methyl sites for hydroxylation is 3. The van der Waals surface area contributed by atoms with Crippen molar-refractivity contribution in [2.75, 3.05) is 105 Å². The molecule has 0 spiro atoms. The third-order valence-corrected chi connectivity index (χ3v) is 23.7. The van der Waals surface area contributed by atoms with E-state index in [-0.39, 0.29) is 17.3 Å². The van der Waals surface area contributed by atoms with Gasteiger partial charge in [-0.15, -0.1) is 34.0 Å². The zero-order chi connectivity index (χ0) is 87.4. The molecule has 0 aliphatic carbocycles. The maximum atomic E-state index is 13.2. The largest absolute Gasteiger partial charge is 0.479 e. The number of nitrogens with zero attached hydrogens (tertiary/aromatic N) is 15. The molecule has 6 aromatic heterocycles. The average Bonchev–Trinajstić information content (AvgIpc) is 1.65. The molecule has 4 amide bonds. The summed E-state index contributed by atoms with van der Waals surface area (Å²) in [4.78, 5) is 116. The number of benzene rings is 6. The summed E-state index contributed by atoms with van der Waals surface area (Å²) in [5.74, 6) is -0.842. The molecule has 0 unspecified atom stereocenters. The van der Waals surface area contributed by atoms with E-state index in [9.17, 15) is 29.1 Å². The van der Waals surface area contributed by atoms with Crippen molar-refractivity contribution >= 4 is 153 Å². The highest BCUT2D eigenvalue weighted by Gasteiger charge is 2.38. The van der Waals surface area contributed by atoms with Crippen LogP contribution in [0.25, 0.3) is 96.1 Å². The molecule has 2 aliphatic heterocycles. The maximum Gasteiger partial charge on any atom is 0.339 e. The van der Waals surface area contributed by atoms with Gasteiger partial charge in [-0.05, 0) is 201 Å². The standard InChI is InChI=1S/C32H37ClN6O4S.C31H35ClN6O4S.C25H23Cl2N3O3S/c1-19-18-23-27(25(20-8-10-21(33)11-9-20)24(19)26(29(40)42-7)43-32(2,3)4)44-28(35-23)22-12-13-34-30(36-22)38-14-16-39(17-15-38)31(41)37(5)6;1-18-17-22-26(24(19-7-9-20(32)10-8-19)23(18)25(28(39)40)42-31(2,3)4)43-27(34-22)21-11-12-33-29(35-21)37-13-15-38(16-14-37)30(41)36(5)6;1-13-12-17-21(34-22(29-17)16-10-11-28-24(27)30-16)19(14-6-8-15(26)9-7-14)18(13)20(23(31)32-5)33-25(2,3)4/h8-13,18,26H,14-17H2,1-7H3;7-12,17,25H,13-16H2,1-6H3,(H,39,40);6-12,20H,1-5H3/t26-;25-;20-/m000/s1. The number of carboxylic acids is 1. The van der Waals surface area contributed by atoms with Crippen molar-refractivity contribution in [3.05, 3.63) is 182 Å². The number of aromatic nitrogens is 9. The molecule has 3 atom stereocenters. The zero-order valence-corrected chi connectivity index (χ0v) is 76.0. The van der Waals surface area contributed by atoms with Crippen LogP contribution >= 0.6 is 80.4 Å². The monoisotopic (exact) mass is 1770 g/mol. The molecule has 634 valence electrons. The number of hydrogen-bond donors (Lipinski definition) is 1. The highest BCUT2D eigenvalue weighted by Crippen LogP contribution is 2.49. The summed E-state index contributed by atoms with van der Waals surface area (Å²) in [6.45, 7) is 27.6. The van der Waals surface area contributed by atoms with Gasteiger partial charge in [0.1, 0.15) is 32.1 Å². The van der Waals surface area contributed by atoms with E-state index in [2.05, 4.69) is 29.7 Å². The minimum atomic E-state index is -1.19. The number of hydrogen-bond acceptors (Lipinski definition) is 24. The van der Waals surface area contributed by atoms with Crippen LogP contribution in [0.1, 0.15) is 114 Å². The van der Waals surface area contributed by atoms with E-state index in [1.807, 2.05) is 184 Å². The SMILES string of the molecule is COC(=O)[C@@H](OC(C)(C)C)c1c(C)cc2nc(-c3ccnc(Cl)n3)sc2c1-c1ccc(Cl)cc1.COC(=O)[C@@H](OC(C)(C)C)c1c(C)cc2nc(-c3ccnc(N4CCN(C(=O)N(C)C)CC4)n3)sc2c1-c1ccc(Cl)cc1.Cc1cc2nc(-c3ccnc(N4CCN(C(=O)N(C)C)CC4)n3)sc2c(-c2ccc(Cl)cc2)c1[C@H](OC(C)(C)C)C(=O)O. The first-order valence-corrected chi connectivity index (χ1v) is 42.8. The molecule has 121 heavy (non-hydrogen) atoms. The molecular weight excluding hydrogens is 1680 g/mol. The van der Waals surface area contributed by atoms with Gasteiger partial charge in [-0.2, -0.15) is 0 Å². The number of esters is 2. The van der Waals surface area contributed by atoms with E-state index in [0.29, 0.717) is 112 Å². The Hall–Kier alpha value is -10.2. The normalized spacial score (nSPS) is 14.1. The number of ether oxygens (including phenoxy) is 5. The lowest BCUT2D eigenvalue weighted by Crippen LogP contribution is -2.51. The number of anilines is 2. The van der Waals surface area contributed by atoms with Gasteiger partial charge in [0.05, 0.1) is 61.7 Å². The van der Waals surface area contributed by atoms with Crippen molar-refractivity contribution in [3.63, 3.8) is 0 Å². The van der Waals surface area contributed by atoms with Crippen molar-refractivity contribution in [3.8, 4) is 65.5 Å². The molecule has 14 rings (SSSR count). The van der Waals surface area contributed by atoms with Gasteiger partial charge >= 0.3 is 30.0 Å². The Balaban J connectivity index is 0.000000168. The Kier molecular flexibility index (Phi) is 28.0. The molecule has 0 bridgehead atoms. The summed E-state index contributed by atoms with van der Waals surface area (Å²) in [6.07, 6.45) is 1.98. The average molecular weight is 1780 g/mol. The van der Waals surface area contributed by atoms with Crippen LogP contribution in [0.5, 0.6) is 0 Å². The fraction of sp³-hybridized carbons (Fsp3) is 0.364. The van der Waals surface area contributed by atoms with Gasteiger partial charge in [-0.1, -0.05) is 71.2 Å².